The van der Waals surface area contributed by atoms with Crippen molar-refractivity contribution in [3.63, 3.8) is 0 Å². The molecule has 3 N–H and O–H groups in total. The molecule has 3 aliphatic rings. The van der Waals surface area contributed by atoms with E-state index in [9.17, 15) is 15.3 Å². The highest BCUT2D eigenvalue weighted by atomic mass is 79.9. The van der Waals surface area contributed by atoms with Crippen molar-refractivity contribution in [2.24, 2.45) is 0 Å². The summed E-state index contributed by atoms with van der Waals surface area (Å²) in [6, 6.07) is 86.8. The zero-order valence-corrected chi connectivity index (χ0v) is 74.7. The number of ether oxygens (including phenoxy) is 2. The van der Waals surface area contributed by atoms with E-state index in [1.807, 2.05) is 164 Å². The molecule has 121 heavy (non-hydrogen) atoms. The van der Waals surface area contributed by atoms with Gasteiger partial charge in [0.1, 0.15) is 41.1 Å². The lowest BCUT2D eigenvalue weighted by molar-refractivity contribution is 0.0620. The minimum Gasteiger partial charge on any atom is -0.454 e. The third-order valence-corrected chi connectivity index (χ3v) is 25.1. The molecule has 17 rings (SSSR count). The fraction of sp³-hybridized carbons (Fsp3) is 0.290. The molecule has 3 unspecified atom stereocenters. The summed E-state index contributed by atoms with van der Waals surface area (Å²) in [6.07, 6.45) is 7.15. The summed E-state index contributed by atoms with van der Waals surface area (Å²) < 4.78 is 15.5. The molecule has 0 amide bonds. The zero-order chi connectivity index (χ0) is 84.2. The van der Waals surface area contributed by atoms with Crippen LogP contribution in [-0.2, 0) is 42.6 Å². The highest BCUT2D eigenvalue weighted by molar-refractivity contribution is 9.11. The fourth-order valence-electron chi connectivity index (χ4n) is 16.6. The van der Waals surface area contributed by atoms with E-state index in [1.165, 1.54) is 39.7 Å². The summed E-state index contributed by atoms with van der Waals surface area (Å²) in [5, 5.41) is 44.4. The van der Waals surface area contributed by atoms with E-state index < -0.39 is 16.8 Å². The van der Waals surface area contributed by atoms with Crippen molar-refractivity contribution in [3.8, 4) is 17.3 Å². The molecule has 3 atom stereocenters. The van der Waals surface area contributed by atoms with E-state index in [0.29, 0.717) is 44.8 Å². The first-order valence-corrected chi connectivity index (χ1v) is 44.0. The van der Waals surface area contributed by atoms with Crippen LogP contribution in [0.5, 0.6) is 11.5 Å². The van der Waals surface area contributed by atoms with Gasteiger partial charge in [0, 0.05) is 150 Å². The summed E-state index contributed by atoms with van der Waals surface area (Å²) in [6.45, 7) is 10.9. The van der Waals surface area contributed by atoms with Crippen LogP contribution in [0.3, 0.4) is 0 Å². The number of benzene rings is 10. The van der Waals surface area contributed by atoms with E-state index in [0.717, 1.165) is 193 Å². The lowest BCUT2D eigenvalue weighted by Gasteiger charge is -2.36. The predicted octanol–water partition coefficient (Wildman–Crippen LogP) is 17.7. The van der Waals surface area contributed by atoms with E-state index in [1.54, 1.807) is 11.0 Å². The van der Waals surface area contributed by atoms with Gasteiger partial charge in [0.25, 0.3) is 0 Å². The summed E-state index contributed by atoms with van der Waals surface area (Å²) in [5.74, 6) is 4.43. The molecule has 4 aromatic heterocycles. The van der Waals surface area contributed by atoms with Gasteiger partial charge in [-0.1, -0.05) is 236 Å². The maximum atomic E-state index is 12.4. The number of likely N-dealkylation sites (N-methyl/N-ethyl adjacent to an activating group) is 1. The molecule has 21 heteroatoms. The Morgan fingerprint density at radius 1 is 0.397 bits per heavy atom. The average Bonchev–Trinajstić information content (AvgIpc) is 1.29. The number of halogens is 3. The number of aromatic nitrogens is 6. The minimum absolute atomic E-state index is 0.293. The Labute approximate surface area is 736 Å². The molecule has 0 bridgehead atoms. The second-order valence-electron chi connectivity index (χ2n) is 32.9. The van der Waals surface area contributed by atoms with E-state index in [4.69, 9.17) is 24.4 Å². The number of pyridine rings is 3. The third kappa shape index (κ3) is 20.5. The maximum Gasteiger partial charge on any atom is 0.231 e. The summed E-state index contributed by atoms with van der Waals surface area (Å²) in [4.78, 5) is 36.0. The monoisotopic (exact) mass is 1810 g/mol. The molecule has 622 valence electrons. The number of hydrogen-bond acceptors (Lipinski definition) is 17. The van der Waals surface area contributed by atoms with Gasteiger partial charge >= 0.3 is 0 Å². The molecule has 3 aliphatic heterocycles. The van der Waals surface area contributed by atoms with Crippen molar-refractivity contribution in [2.75, 3.05) is 138 Å². The highest BCUT2D eigenvalue weighted by Crippen LogP contribution is 2.45. The van der Waals surface area contributed by atoms with Crippen LogP contribution >= 0.6 is 47.8 Å². The lowest BCUT2D eigenvalue weighted by atomic mass is 9.82. The molecule has 0 radical (unpaired) electrons. The molecule has 0 spiro atoms. The highest BCUT2D eigenvalue weighted by Gasteiger charge is 2.38. The molecular weight excluding hydrogens is 1700 g/mol. The topological polar surface area (TPSA) is 171 Å². The molecule has 14 aromatic rings. The van der Waals surface area contributed by atoms with Crippen molar-refractivity contribution >= 4 is 92.1 Å². The maximum absolute atomic E-state index is 12.4. The average molecular weight is 1810 g/mol. The van der Waals surface area contributed by atoms with Crippen molar-refractivity contribution in [1.82, 2.24) is 54.2 Å². The molecule has 7 heterocycles. The van der Waals surface area contributed by atoms with E-state index in [2.05, 4.69) is 233 Å². The molecule has 2 fully saturated rings. The van der Waals surface area contributed by atoms with Gasteiger partial charge in [0.2, 0.25) is 6.79 Å². The van der Waals surface area contributed by atoms with Crippen LogP contribution in [-0.4, -0.2) is 198 Å². The van der Waals surface area contributed by atoms with Gasteiger partial charge in [-0.2, -0.15) is 5.10 Å². The quantitative estimate of drug-likeness (QED) is 0.0467. The second-order valence-corrected chi connectivity index (χ2v) is 35.5. The SMILES string of the molecule is CN(C)CCC(O)(c1ccccc1)c1cc(Br)cc2cc(Cc3ccccc3)c(-n3cncn3)nc12.CN(C)CCC(O)(c1ccccc1)c1cc2nc(N3CCN(C)CC3)c(Cc3ccccc3)cc2cc1Br.CN(C)CCC(O)(c1ccccc1)c1cc2nc(N3CCN(Cc4ccc5c(c4)OCO5)CC3)c(Cc3ccccc3)cc2cc1Br. The fourth-order valence-corrected chi connectivity index (χ4v) is 18.5. The van der Waals surface area contributed by atoms with Gasteiger partial charge < -0.3 is 54.2 Å². The Kier molecular flexibility index (Phi) is 27.6. The number of hydrogen-bond donors (Lipinski definition) is 3. The second kappa shape index (κ2) is 39.0. The van der Waals surface area contributed by atoms with Crippen LogP contribution in [0.15, 0.2) is 281 Å². The first kappa shape index (κ1) is 85.9. The summed E-state index contributed by atoms with van der Waals surface area (Å²) >= 11 is 11.4. The number of aliphatic hydroxyl groups is 3. The van der Waals surface area contributed by atoms with Crippen LogP contribution in [0.2, 0.25) is 0 Å². The van der Waals surface area contributed by atoms with Crippen molar-refractivity contribution < 1.29 is 24.8 Å². The number of anilines is 2. The van der Waals surface area contributed by atoms with Gasteiger partial charge in [-0.3, -0.25) is 4.90 Å². The molecule has 0 aliphatic carbocycles. The first-order valence-electron chi connectivity index (χ1n) is 41.6. The zero-order valence-electron chi connectivity index (χ0n) is 69.9. The van der Waals surface area contributed by atoms with Crippen LogP contribution in [0.1, 0.15) is 91.6 Å². The summed E-state index contributed by atoms with van der Waals surface area (Å²) in [5.41, 5.74) is 12.5. The number of rotatable bonds is 26. The van der Waals surface area contributed by atoms with Gasteiger partial charge in [-0.15, -0.1) is 0 Å². The van der Waals surface area contributed by atoms with Crippen LogP contribution in [0, 0.1) is 0 Å². The largest absolute Gasteiger partial charge is 0.454 e. The lowest BCUT2D eigenvalue weighted by Crippen LogP contribution is -2.46. The molecule has 0 saturated carbocycles. The Morgan fingerprint density at radius 2 is 0.802 bits per heavy atom. The number of fused-ring (bicyclic) bond motifs is 4. The third-order valence-electron chi connectivity index (χ3n) is 23.4. The Hall–Kier alpha value is -10.1. The van der Waals surface area contributed by atoms with Crippen molar-refractivity contribution in [2.45, 2.75) is 61.9 Å². The van der Waals surface area contributed by atoms with Gasteiger partial charge in [-0.25, -0.2) is 24.6 Å². The summed E-state index contributed by atoms with van der Waals surface area (Å²) in [7, 11) is 14.4. The van der Waals surface area contributed by atoms with Gasteiger partial charge in [0.15, 0.2) is 17.3 Å². The first-order chi connectivity index (χ1) is 58.6. The van der Waals surface area contributed by atoms with Crippen LogP contribution in [0.4, 0.5) is 11.6 Å². The predicted molar refractivity (Wildman–Crippen MR) is 499 cm³/mol. The van der Waals surface area contributed by atoms with Crippen molar-refractivity contribution in [1.29, 1.82) is 0 Å². The Balaban J connectivity index is 0.000000143. The molecular formula is C100H106Br3N13O5. The Morgan fingerprint density at radius 3 is 1.23 bits per heavy atom. The smallest absolute Gasteiger partial charge is 0.231 e. The molecule has 18 nitrogen and oxygen atoms in total. The normalized spacial score (nSPS) is 15.3. The van der Waals surface area contributed by atoms with Gasteiger partial charge in [0.05, 0.1) is 16.6 Å². The molecule has 2 saturated heterocycles. The number of nitrogens with zero attached hydrogens (tertiary/aromatic N) is 13. The van der Waals surface area contributed by atoms with E-state index >= 15 is 0 Å². The van der Waals surface area contributed by atoms with Crippen LogP contribution < -0.4 is 19.3 Å². The molecule has 10 aromatic carbocycles. The Bertz CT molecular complexity index is 5800. The number of piperazine rings is 2. The minimum atomic E-state index is -1.23. The van der Waals surface area contributed by atoms with Crippen molar-refractivity contribution in [3.05, 3.63) is 353 Å². The van der Waals surface area contributed by atoms with E-state index in [-0.39, 0.29) is 0 Å². The standard InChI is InChI=1S/C39H41BrN4O3.C32H37BrN4O.C29H28BrN5O/c1-42(2)16-15-39(45,32-11-7-4-8-12-32)33-25-35-30(24-34(33)40)23-31(21-28-9-5-3-6-10-28)38(41-35)44-19-17-43(18-20-44)26-29-13-14-36-37(22-29)47-27-46-36;1-35(2)15-14-32(38,27-12-8-5-9-13-27)28-23-30-25(22-29(28)33)21-26(20-24-10-6-4-7-11-24)31(34-30)37-18-16-36(3)17-19-37;1-34(2)14-13-29(36,24-11-7-4-8-12-24)26-18-25(30)17-22-16-23(15-21-9-5-3-6-10-21)28(33-27(22)26)35-20-31-19-32-35/h3-14,22-25,45H,15-21,26-27H2,1-2H3;4-13,21-23,38H,14-20H2,1-3H3;3-12,16-20,36H,13-15H2,1-2H3. The van der Waals surface area contributed by atoms with Gasteiger partial charge in [-0.05, 0) is 185 Å². The van der Waals surface area contributed by atoms with Crippen LogP contribution in [0.25, 0.3) is 38.5 Å².